The van der Waals surface area contributed by atoms with Crippen LogP contribution in [0.1, 0.15) is 42.8 Å². The summed E-state index contributed by atoms with van der Waals surface area (Å²) >= 11 is 7.70. The van der Waals surface area contributed by atoms with Crippen molar-refractivity contribution in [2.45, 2.75) is 51.6 Å². The second kappa shape index (κ2) is 6.72. The standard InChI is InChI=1S/C13H21ClN2S/c1-11-10-17-13(15-11)9-16(8-7-14)12-5-3-2-4-6-12/h10,12H,2-9H2,1H3. The molecule has 17 heavy (non-hydrogen) atoms. The molecular formula is C13H21ClN2S. The van der Waals surface area contributed by atoms with Gasteiger partial charge in [0.1, 0.15) is 5.01 Å². The molecule has 0 N–H and O–H groups in total. The molecule has 96 valence electrons. The van der Waals surface area contributed by atoms with Gasteiger partial charge in [-0.1, -0.05) is 19.3 Å². The van der Waals surface area contributed by atoms with Crippen molar-refractivity contribution in [2.75, 3.05) is 12.4 Å². The molecule has 1 aliphatic carbocycles. The zero-order valence-electron chi connectivity index (χ0n) is 10.5. The molecule has 0 radical (unpaired) electrons. The van der Waals surface area contributed by atoms with Crippen molar-refractivity contribution in [2.24, 2.45) is 0 Å². The van der Waals surface area contributed by atoms with Crippen LogP contribution in [0.15, 0.2) is 5.38 Å². The molecule has 0 aromatic carbocycles. The number of hydrogen-bond donors (Lipinski definition) is 0. The Balaban J connectivity index is 1.95. The number of hydrogen-bond acceptors (Lipinski definition) is 3. The summed E-state index contributed by atoms with van der Waals surface area (Å²) in [5.41, 5.74) is 1.14. The molecule has 1 heterocycles. The minimum absolute atomic E-state index is 0.723. The first-order valence-corrected chi connectivity index (χ1v) is 7.92. The minimum Gasteiger partial charge on any atom is -0.293 e. The number of rotatable bonds is 5. The molecule has 1 aromatic heterocycles. The highest BCUT2D eigenvalue weighted by Gasteiger charge is 2.21. The first-order chi connectivity index (χ1) is 8.29. The molecule has 1 fully saturated rings. The lowest BCUT2D eigenvalue weighted by Gasteiger charge is -2.33. The molecule has 4 heteroatoms. The lowest BCUT2D eigenvalue weighted by molar-refractivity contribution is 0.157. The molecule has 0 bridgehead atoms. The Kier molecular flexibility index (Phi) is 5.26. The van der Waals surface area contributed by atoms with Gasteiger partial charge in [0.2, 0.25) is 0 Å². The van der Waals surface area contributed by atoms with Gasteiger partial charge in [0.15, 0.2) is 0 Å². The van der Waals surface area contributed by atoms with Crippen LogP contribution in [0.2, 0.25) is 0 Å². The largest absolute Gasteiger partial charge is 0.293 e. The van der Waals surface area contributed by atoms with Gasteiger partial charge in [-0.25, -0.2) is 4.98 Å². The van der Waals surface area contributed by atoms with E-state index in [-0.39, 0.29) is 0 Å². The minimum atomic E-state index is 0.723. The summed E-state index contributed by atoms with van der Waals surface area (Å²) in [4.78, 5) is 7.09. The number of nitrogens with zero attached hydrogens (tertiary/aromatic N) is 2. The lowest BCUT2D eigenvalue weighted by atomic mass is 9.94. The van der Waals surface area contributed by atoms with Crippen molar-refractivity contribution < 1.29 is 0 Å². The van der Waals surface area contributed by atoms with E-state index in [1.54, 1.807) is 11.3 Å². The Morgan fingerprint density at radius 1 is 1.41 bits per heavy atom. The Morgan fingerprint density at radius 3 is 2.76 bits per heavy atom. The summed E-state index contributed by atoms with van der Waals surface area (Å²) in [6.45, 7) is 4.03. The second-order valence-electron chi connectivity index (χ2n) is 4.83. The molecule has 0 atom stereocenters. The maximum absolute atomic E-state index is 5.93. The summed E-state index contributed by atoms with van der Waals surface area (Å²) < 4.78 is 0. The van der Waals surface area contributed by atoms with Crippen molar-refractivity contribution in [1.29, 1.82) is 0 Å². The van der Waals surface area contributed by atoms with E-state index in [1.807, 2.05) is 0 Å². The molecule has 1 aromatic rings. The predicted molar refractivity (Wildman–Crippen MR) is 74.9 cm³/mol. The first-order valence-electron chi connectivity index (χ1n) is 6.50. The van der Waals surface area contributed by atoms with Gasteiger partial charge < -0.3 is 0 Å². The third-order valence-corrected chi connectivity index (χ3v) is 4.59. The molecule has 0 amide bonds. The summed E-state index contributed by atoms with van der Waals surface area (Å²) in [6, 6.07) is 0.728. The van der Waals surface area contributed by atoms with Gasteiger partial charge in [-0.15, -0.1) is 22.9 Å². The molecule has 2 nitrogen and oxygen atoms in total. The van der Waals surface area contributed by atoms with Crippen molar-refractivity contribution >= 4 is 22.9 Å². The van der Waals surface area contributed by atoms with Gasteiger partial charge in [-0.05, 0) is 19.8 Å². The van der Waals surface area contributed by atoms with Gasteiger partial charge in [0.05, 0.1) is 6.54 Å². The number of thiazole rings is 1. The highest BCUT2D eigenvalue weighted by Crippen LogP contribution is 2.24. The van der Waals surface area contributed by atoms with Gasteiger partial charge in [0, 0.05) is 29.5 Å². The monoisotopic (exact) mass is 272 g/mol. The summed E-state index contributed by atoms with van der Waals surface area (Å²) in [7, 11) is 0. The number of aryl methyl sites for hydroxylation is 1. The number of alkyl halides is 1. The topological polar surface area (TPSA) is 16.1 Å². The van der Waals surface area contributed by atoms with E-state index in [0.29, 0.717) is 0 Å². The van der Waals surface area contributed by atoms with Crippen LogP contribution in [0.3, 0.4) is 0 Å². The molecule has 1 aliphatic rings. The van der Waals surface area contributed by atoms with Crippen molar-refractivity contribution in [3.8, 4) is 0 Å². The maximum atomic E-state index is 5.93. The highest BCUT2D eigenvalue weighted by atomic mass is 35.5. The van der Waals surface area contributed by atoms with Crippen molar-refractivity contribution in [1.82, 2.24) is 9.88 Å². The molecule has 1 saturated carbocycles. The first kappa shape index (κ1) is 13.3. The number of aromatic nitrogens is 1. The quantitative estimate of drug-likeness (QED) is 0.758. The van der Waals surface area contributed by atoms with Gasteiger partial charge >= 0.3 is 0 Å². The van der Waals surface area contributed by atoms with E-state index in [2.05, 4.69) is 22.2 Å². The zero-order valence-corrected chi connectivity index (χ0v) is 12.1. The maximum Gasteiger partial charge on any atom is 0.107 e. The smallest absolute Gasteiger partial charge is 0.107 e. The third-order valence-electron chi connectivity index (χ3n) is 3.47. The third kappa shape index (κ3) is 3.94. The van der Waals surface area contributed by atoms with Crippen molar-refractivity contribution in [3.63, 3.8) is 0 Å². The van der Waals surface area contributed by atoms with Crippen LogP contribution in [-0.2, 0) is 6.54 Å². The second-order valence-corrected chi connectivity index (χ2v) is 6.15. The van der Waals surface area contributed by atoms with E-state index in [9.17, 15) is 0 Å². The summed E-state index contributed by atoms with van der Waals surface area (Å²) in [6.07, 6.45) is 6.82. The summed E-state index contributed by atoms with van der Waals surface area (Å²) in [5.74, 6) is 0.723. The summed E-state index contributed by atoms with van der Waals surface area (Å²) in [5, 5.41) is 3.37. The van der Waals surface area contributed by atoms with Gasteiger partial charge in [-0.3, -0.25) is 4.90 Å². The van der Waals surface area contributed by atoms with Crippen LogP contribution in [0.25, 0.3) is 0 Å². The lowest BCUT2D eigenvalue weighted by Crippen LogP contribution is -2.37. The van der Waals surface area contributed by atoms with E-state index in [0.717, 1.165) is 30.7 Å². The Bertz CT molecular complexity index is 334. The van der Waals surface area contributed by atoms with Crippen LogP contribution >= 0.6 is 22.9 Å². The predicted octanol–water partition coefficient (Wildman–Crippen LogP) is 3.83. The highest BCUT2D eigenvalue weighted by molar-refractivity contribution is 7.09. The van der Waals surface area contributed by atoms with Crippen LogP contribution in [-0.4, -0.2) is 28.4 Å². The molecule has 0 spiro atoms. The number of halogens is 1. The van der Waals surface area contributed by atoms with Gasteiger partial charge in [-0.2, -0.15) is 0 Å². The van der Waals surface area contributed by atoms with Crippen LogP contribution in [0.4, 0.5) is 0 Å². The van der Waals surface area contributed by atoms with E-state index < -0.39 is 0 Å². The van der Waals surface area contributed by atoms with E-state index in [4.69, 9.17) is 11.6 Å². The van der Waals surface area contributed by atoms with Gasteiger partial charge in [0.25, 0.3) is 0 Å². The Labute approximate surface area is 113 Å². The molecule has 2 rings (SSSR count). The van der Waals surface area contributed by atoms with E-state index >= 15 is 0 Å². The fraction of sp³-hybridized carbons (Fsp3) is 0.769. The Hall–Kier alpha value is -0.120. The average molecular weight is 273 g/mol. The Morgan fingerprint density at radius 2 is 2.18 bits per heavy atom. The molecule has 0 saturated heterocycles. The van der Waals surface area contributed by atoms with Crippen LogP contribution in [0, 0.1) is 6.92 Å². The van der Waals surface area contributed by atoms with E-state index in [1.165, 1.54) is 37.1 Å². The van der Waals surface area contributed by atoms with Crippen LogP contribution < -0.4 is 0 Å². The fourth-order valence-corrected chi connectivity index (χ4v) is 3.61. The average Bonchev–Trinajstić information content (AvgIpc) is 2.75. The zero-order chi connectivity index (χ0) is 12.1. The molecule has 0 unspecified atom stereocenters. The normalized spacial score (nSPS) is 17.8. The fourth-order valence-electron chi connectivity index (χ4n) is 2.59. The van der Waals surface area contributed by atoms with Crippen molar-refractivity contribution in [3.05, 3.63) is 16.1 Å². The van der Waals surface area contributed by atoms with Crippen LogP contribution in [0.5, 0.6) is 0 Å². The SMILES string of the molecule is Cc1csc(CN(CCCl)C2CCCCC2)n1. The molecular weight excluding hydrogens is 252 g/mol. The molecule has 0 aliphatic heterocycles.